The van der Waals surface area contributed by atoms with Gasteiger partial charge in [-0.25, -0.2) is 9.78 Å². The van der Waals surface area contributed by atoms with E-state index in [1.54, 1.807) is 18.2 Å². The van der Waals surface area contributed by atoms with Gasteiger partial charge < -0.3 is 24.5 Å². The first-order valence-electron chi connectivity index (χ1n) is 12.8. The highest BCUT2D eigenvalue weighted by atomic mass is 16.5. The van der Waals surface area contributed by atoms with Crippen molar-refractivity contribution in [1.29, 1.82) is 0 Å². The highest BCUT2D eigenvalue weighted by Gasteiger charge is 2.38. The van der Waals surface area contributed by atoms with Gasteiger partial charge in [0, 0.05) is 19.0 Å². The molecular weight excluding hydrogens is 474 g/mol. The molecule has 2 N–H and O–H groups in total. The number of ether oxygens (including phenoxy) is 1. The van der Waals surface area contributed by atoms with Crippen molar-refractivity contribution in [3.8, 4) is 0 Å². The fraction of sp³-hybridized carbons (Fsp3) is 0.500. The summed E-state index contributed by atoms with van der Waals surface area (Å²) in [6.45, 7) is 8.47. The minimum absolute atomic E-state index is 0.00234. The minimum atomic E-state index is -0.855. The van der Waals surface area contributed by atoms with Gasteiger partial charge in [-0.1, -0.05) is 62.8 Å². The number of allylic oxidation sites excluding steroid dienone is 4. The van der Waals surface area contributed by atoms with Gasteiger partial charge in [-0.05, 0) is 31.8 Å². The van der Waals surface area contributed by atoms with Crippen LogP contribution in [0, 0.1) is 11.8 Å². The third-order valence-electron chi connectivity index (χ3n) is 6.39. The Labute approximate surface area is 218 Å². The predicted molar refractivity (Wildman–Crippen MR) is 138 cm³/mol. The third-order valence-corrected chi connectivity index (χ3v) is 6.39. The summed E-state index contributed by atoms with van der Waals surface area (Å²) < 4.78 is 11.3. The molecule has 0 radical (unpaired) electrons. The van der Waals surface area contributed by atoms with Gasteiger partial charge in [-0.3, -0.25) is 9.59 Å². The van der Waals surface area contributed by atoms with Crippen LogP contribution in [0.4, 0.5) is 0 Å². The van der Waals surface area contributed by atoms with Gasteiger partial charge >= 0.3 is 5.97 Å². The summed E-state index contributed by atoms with van der Waals surface area (Å²) in [7, 11) is 0. The Hall–Kier alpha value is -3.46. The average Bonchev–Trinajstić information content (AvgIpc) is 3.52. The molecule has 1 fully saturated rings. The Bertz CT molecular complexity index is 1080. The van der Waals surface area contributed by atoms with Crippen molar-refractivity contribution in [2.24, 2.45) is 11.8 Å². The molecule has 2 aliphatic heterocycles. The average molecular weight is 512 g/mol. The van der Waals surface area contributed by atoms with E-state index in [2.05, 4.69) is 10.3 Å². The summed E-state index contributed by atoms with van der Waals surface area (Å²) in [5.41, 5.74) is 1.03. The fourth-order valence-corrected chi connectivity index (χ4v) is 4.42. The van der Waals surface area contributed by atoms with E-state index in [-0.39, 0.29) is 35.7 Å². The molecule has 2 aliphatic rings. The highest BCUT2D eigenvalue weighted by Crippen LogP contribution is 2.25. The lowest BCUT2D eigenvalue weighted by Gasteiger charge is -2.29. The maximum atomic E-state index is 13.2. The number of esters is 1. The molecule has 0 aromatic carbocycles. The number of cyclic esters (lactones) is 1. The molecule has 1 unspecified atom stereocenters. The zero-order valence-corrected chi connectivity index (χ0v) is 21.9. The largest absolute Gasteiger partial charge is 0.460 e. The number of carbonyl (C=O) groups is 3. The van der Waals surface area contributed by atoms with Crippen molar-refractivity contribution >= 4 is 17.8 Å². The second kappa shape index (κ2) is 13.2. The van der Waals surface area contributed by atoms with Crippen LogP contribution in [-0.2, 0) is 20.7 Å². The monoisotopic (exact) mass is 511 g/mol. The fourth-order valence-electron chi connectivity index (χ4n) is 4.42. The lowest BCUT2D eigenvalue weighted by atomic mass is 9.94. The molecule has 9 nitrogen and oxygen atoms in total. The van der Waals surface area contributed by atoms with Crippen LogP contribution in [0.3, 0.4) is 0 Å². The number of aliphatic hydroxyl groups excluding tert-OH is 1. The Morgan fingerprint density at radius 2 is 1.97 bits per heavy atom. The van der Waals surface area contributed by atoms with Crippen molar-refractivity contribution in [3.05, 3.63) is 66.0 Å². The molecule has 3 heterocycles. The summed E-state index contributed by atoms with van der Waals surface area (Å²) in [4.78, 5) is 44.3. The number of amides is 2. The van der Waals surface area contributed by atoms with Crippen molar-refractivity contribution in [2.75, 3.05) is 13.1 Å². The number of oxazole rings is 1. The molecular formula is C28H37N3O6. The lowest BCUT2D eigenvalue weighted by Crippen LogP contribution is -2.44. The second-order valence-corrected chi connectivity index (χ2v) is 9.86. The van der Waals surface area contributed by atoms with Crippen LogP contribution in [0.5, 0.6) is 0 Å². The van der Waals surface area contributed by atoms with Crippen LogP contribution < -0.4 is 5.32 Å². The van der Waals surface area contributed by atoms with E-state index in [4.69, 9.17) is 9.15 Å². The van der Waals surface area contributed by atoms with E-state index in [0.29, 0.717) is 25.9 Å². The Kier molecular flexibility index (Phi) is 10.0. The number of hydrogen-bond acceptors (Lipinski definition) is 7. The highest BCUT2D eigenvalue weighted by molar-refractivity contribution is 5.95. The zero-order valence-electron chi connectivity index (χ0n) is 21.9. The third kappa shape index (κ3) is 8.01. The van der Waals surface area contributed by atoms with Gasteiger partial charge in [-0.2, -0.15) is 0 Å². The van der Waals surface area contributed by atoms with Crippen molar-refractivity contribution in [3.63, 3.8) is 0 Å². The van der Waals surface area contributed by atoms with E-state index < -0.39 is 30.1 Å². The maximum absolute atomic E-state index is 13.2. The molecule has 200 valence electrons. The van der Waals surface area contributed by atoms with Crippen molar-refractivity contribution < 1.29 is 28.6 Å². The topological polar surface area (TPSA) is 122 Å². The number of rotatable bonds is 1. The summed E-state index contributed by atoms with van der Waals surface area (Å²) in [6, 6.07) is -0.717. The number of aromatic nitrogens is 1. The standard InChI is InChI=1S/C28H37N3O6/c1-18(2)26-20(4)12-13-24(33)29-14-6-9-19(3)8-5-10-21(32)16-25-30-22(17-36-25)27(34)31-15-7-11-23(31)28(35)37-26/h5-6,8-10,12-13,17-18,20-21,23,26,32H,7,11,14-16H2,1-4H3,(H,29,33)/b9-6-,10-5-,13-12-,19-8-/t20-,21?,23-,26-/m1/s1. The van der Waals surface area contributed by atoms with E-state index >= 15 is 0 Å². The van der Waals surface area contributed by atoms with E-state index in [9.17, 15) is 19.5 Å². The predicted octanol–water partition coefficient (Wildman–Crippen LogP) is 3.13. The first kappa shape index (κ1) is 28.1. The van der Waals surface area contributed by atoms with Gasteiger partial charge in [0.2, 0.25) is 5.91 Å². The Morgan fingerprint density at radius 3 is 2.73 bits per heavy atom. The SMILES string of the molecule is CC1=C/C=C\C(O)Cc2nc(co2)C(=O)N2CCC[C@@H]2C(=O)O[C@H](C(C)C)[C@H](C)/C=C\C(=O)NC/C=C\1. The number of nitrogens with one attached hydrogen (secondary N) is 1. The number of aliphatic hydroxyl groups is 1. The number of hydrogen-bond donors (Lipinski definition) is 2. The van der Waals surface area contributed by atoms with Crippen LogP contribution in [0.2, 0.25) is 0 Å². The molecule has 2 bridgehead atoms. The molecule has 0 saturated carbocycles. The molecule has 1 aromatic rings. The van der Waals surface area contributed by atoms with E-state index in [1.165, 1.54) is 17.2 Å². The molecule has 0 aliphatic carbocycles. The van der Waals surface area contributed by atoms with Crippen LogP contribution in [0.15, 0.2) is 58.8 Å². The van der Waals surface area contributed by atoms with Crippen LogP contribution >= 0.6 is 0 Å². The Balaban J connectivity index is 1.85. The van der Waals surface area contributed by atoms with Crippen molar-refractivity contribution in [2.45, 2.75) is 65.2 Å². The first-order chi connectivity index (χ1) is 17.7. The summed E-state index contributed by atoms with van der Waals surface area (Å²) in [5, 5.41) is 13.1. The minimum Gasteiger partial charge on any atom is -0.460 e. The maximum Gasteiger partial charge on any atom is 0.329 e. The van der Waals surface area contributed by atoms with Gasteiger partial charge in [0.15, 0.2) is 11.6 Å². The molecule has 37 heavy (non-hydrogen) atoms. The molecule has 1 saturated heterocycles. The molecule has 3 rings (SSSR count). The quantitative estimate of drug-likeness (QED) is 0.556. The van der Waals surface area contributed by atoms with Gasteiger partial charge in [0.05, 0.1) is 12.5 Å². The van der Waals surface area contributed by atoms with E-state index in [0.717, 1.165) is 5.57 Å². The first-order valence-corrected chi connectivity index (χ1v) is 12.8. The second-order valence-electron chi connectivity index (χ2n) is 9.86. The van der Waals surface area contributed by atoms with Crippen LogP contribution in [0.25, 0.3) is 0 Å². The molecule has 9 heteroatoms. The van der Waals surface area contributed by atoms with Crippen LogP contribution in [-0.4, -0.2) is 64.1 Å². The van der Waals surface area contributed by atoms with Gasteiger partial charge in [0.1, 0.15) is 18.4 Å². The molecule has 0 spiro atoms. The summed E-state index contributed by atoms with van der Waals surface area (Å²) in [6.07, 6.45) is 13.3. The summed E-state index contributed by atoms with van der Waals surface area (Å²) >= 11 is 0. The molecule has 1 aromatic heterocycles. The molecule has 4 atom stereocenters. The van der Waals surface area contributed by atoms with Crippen LogP contribution in [0.1, 0.15) is 56.9 Å². The number of nitrogens with zero attached hydrogens (tertiary/aromatic N) is 2. The number of fused-ring (bicyclic) bond motifs is 3. The lowest BCUT2D eigenvalue weighted by molar-refractivity contribution is -0.158. The smallest absolute Gasteiger partial charge is 0.329 e. The number of carbonyl (C=O) groups excluding carboxylic acids is 3. The summed E-state index contributed by atoms with van der Waals surface area (Å²) in [5.74, 6) is -1.10. The molecule has 2 amide bonds. The van der Waals surface area contributed by atoms with Gasteiger partial charge in [-0.15, -0.1) is 0 Å². The van der Waals surface area contributed by atoms with Crippen molar-refractivity contribution in [1.82, 2.24) is 15.2 Å². The van der Waals surface area contributed by atoms with Gasteiger partial charge in [0.25, 0.3) is 5.91 Å². The Morgan fingerprint density at radius 1 is 1.19 bits per heavy atom. The van der Waals surface area contributed by atoms with E-state index in [1.807, 2.05) is 45.9 Å². The zero-order chi connectivity index (χ0) is 26.9. The normalized spacial score (nSPS) is 30.6.